The van der Waals surface area contributed by atoms with Gasteiger partial charge in [-0.2, -0.15) is 0 Å². The van der Waals surface area contributed by atoms with E-state index in [0.717, 1.165) is 10.9 Å². The molecule has 0 bridgehead atoms. The number of nitrogen functional groups attached to an aromatic ring is 1. The number of aromatic amines is 1. The quantitative estimate of drug-likeness (QED) is 0.700. The maximum Gasteiger partial charge on any atom is 0.256 e. The first-order valence-corrected chi connectivity index (χ1v) is 6.51. The molecular weight excluding hydrogens is 256 g/mol. The molecule has 3 rings (SSSR count). The molecule has 1 saturated heterocycles. The molecule has 0 radical (unpaired) electrons. The molecule has 5 N–H and O–H groups in total. The van der Waals surface area contributed by atoms with Crippen molar-refractivity contribution < 1.29 is 9.59 Å². The van der Waals surface area contributed by atoms with Gasteiger partial charge < -0.3 is 21.4 Å². The third kappa shape index (κ3) is 1.99. The summed E-state index contributed by atoms with van der Waals surface area (Å²) in [6, 6.07) is 5.41. The largest absolute Gasteiger partial charge is 0.399 e. The Bertz CT molecular complexity index is 692. The highest BCUT2D eigenvalue weighted by atomic mass is 16.2. The van der Waals surface area contributed by atoms with Crippen LogP contribution in [0.15, 0.2) is 24.4 Å². The van der Waals surface area contributed by atoms with Crippen molar-refractivity contribution in [3.05, 3.63) is 30.0 Å². The number of carbonyl (C=O) groups excluding carboxylic acids is 2. The maximum atomic E-state index is 12.5. The molecule has 2 aromatic rings. The number of benzene rings is 1. The molecule has 2 heterocycles. The average molecular weight is 272 g/mol. The molecule has 6 nitrogen and oxygen atoms in total. The first-order chi connectivity index (χ1) is 9.56. The van der Waals surface area contributed by atoms with Gasteiger partial charge in [0, 0.05) is 35.9 Å². The Morgan fingerprint density at radius 1 is 1.35 bits per heavy atom. The van der Waals surface area contributed by atoms with Gasteiger partial charge in [-0.15, -0.1) is 0 Å². The van der Waals surface area contributed by atoms with Crippen LogP contribution in [0, 0.1) is 5.92 Å². The molecular formula is C14H16N4O2. The number of primary amides is 1. The van der Waals surface area contributed by atoms with Crippen molar-refractivity contribution in [2.24, 2.45) is 11.7 Å². The van der Waals surface area contributed by atoms with Gasteiger partial charge in [0.1, 0.15) is 0 Å². The van der Waals surface area contributed by atoms with Gasteiger partial charge in [-0.25, -0.2) is 0 Å². The summed E-state index contributed by atoms with van der Waals surface area (Å²) in [6.45, 7) is 0.949. The SMILES string of the molecule is NC(=O)C1CCN(C(=O)c2c[nH]c3ccc(N)cc23)C1. The average Bonchev–Trinajstić information content (AvgIpc) is 3.04. The van der Waals surface area contributed by atoms with E-state index in [0.29, 0.717) is 30.8 Å². The summed E-state index contributed by atoms with van der Waals surface area (Å²) in [5, 5.41) is 0.803. The lowest BCUT2D eigenvalue weighted by Gasteiger charge is -2.15. The fourth-order valence-corrected chi connectivity index (χ4v) is 2.66. The summed E-state index contributed by atoms with van der Waals surface area (Å²) in [4.78, 5) is 28.4. The molecule has 1 atom stereocenters. The zero-order valence-electron chi connectivity index (χ0n) is 10.9. The number of aromatic nitrogens is 1. The van der Waals surface area contributed by atoms with E-state index >= 15 is 0 Å². The highest BCUT2D eigenvalue weighted by molar-refractivity contribution is 6.07. The Balaban J connectivity index is 1.90. The van der Waals surface area contributed by atoms with Gasteiger partial charge in [-0.1, -0.05) is 0 Å². The van der Waals surface area contributed by atoms with E-state index in [2.05, 4.69) is 4.98 Å². The standard InChI is InChI=1S/C14H16N4O2/c15-9-1-2-12-10(5-9)11(6-17-12)14(20)18-4-3-8(7-18)13(16)19/h1-2,5-6,8,17H,3-4,7,15H2,(H2,16,19). The molecule has 20 heavy (non-hydrogen) atoms. The molecule has 1 aliphatic heterocycles. The fraction of sp³-hybridized carbons (Fsp3) is 0.286. The van der Waals surface area contributed by atoms with Gasteiger partial charge in [0.2, 0.25) is 5.91 Å². The van der Waals surface area contributed by atoms with Gasteiger partial charge >= 0.3 is 0 Å². The van der Waals surface area contributed by atoms with Crippen LogP contribution in [0.25, 0.3) is 10.9 Å². The minimum Gasteiger partial charge on any atom is -0.399 e. The maximum absolute atomic E-state index is 12.5. The predicted molar refractivity (Wildman–Crippen MR) is 75.9 cm³/mol. The van der Waals surface area contributed by atoms with E-state index in [4.69, 9.17) is 11.5 Å². The number of nitrogens with one attached hydrogen (secondary N) is 1. The predicted octanol–water partition coefficient (Wildman–Crippen LogP) is 0.697. The molecule has 1 aliphatic rings. The number of hydrogen-bond acceptors (Lipinski definition) is 3. The van der Waals surface area contributed by atoms with E-state index in [1.807, 2.05) is 6.07 Å². The topological polar surface area (TPSA) is 105 Å². The fourth-order valence-electron chi connectivity index (χ4n) is 2.66. The summed E-state index contributed by atoms with van der Waals surface area (Å²) < 4.78 is 0. The molecule has 1 unspecified atom stereocenters. The van der Waals surface area contributed by atoms with Crippen molar-refractivity contribution >= 4 is 28.4 Å². The molecule has 0 aliphatic carbocycles. The third-order valence-corrected chi connectivity index (χ3v) is 3.81. The molecule has 6 heteroatoms. The van der Waals surface area contributed by atoms with Crippen molar-refractivity contribution in [3.63, 3.8) is 0 Å². The zero-order valence-corrected chi connectivity index (χ0v) is 10.9. The molecule has 104 valence electrons. The van der Waals surface area contributed by atoms with Gasteiger partial charge in [0.25, 0.3) is 5.91 Å². The minimum atomic E-state index is -0.344. The lowest BCUT2D eigenvalue weighted by atomic mass is 10.1. The highest BCUT2D eigenvalue weighted by Crippen LogP contribution is 2.25. The van der Waals surface area contributed by atoms with Crippen molar-refractivity contribution in [3.8, 4) is 0 Å². The lowest BCUT2D eigenvalue weighted by molar-refractivity contribution is -0.121. The number of anilines is 1. The number of H-pyrrole nitrogens is 1. The van der Waals surface area contributed by atoms with Gasteiger partial charge in [-0.3, -0.25) is 9.59 Å². The number of hydrogen-bond donors (Lipinski definition) is 3. The molecule has 1 aromatic carbocycles. The minimum absolute atomic E-state index is 0.0920. The molecule has 1 aromatic heterocycles. The van der Waals surface area contributed by atoms with Crippen LogP contribution >= 0.6 is 0 Å². The first-order valence-electron chi connectivity index (χ1n) is 6.51. The number of amides is 2. The monoisotopic (exact) mass is 272 g/mol. The van der Waals surface area contributed by atoms with Crippen LogP contribution in [0.1, 0.15) is 16.8 Å². The first kappa shape index (κ1) is 12.5. The second kappa shape index (κ2) is 4.56. The van der Waals surface area contributed by atoms with Gasteiger partial charge in [0.15, 0.2) is 0 Å². The number of fused-ring (bicyclic) bond motifs is 1. The van der Waals surface area contributed by atoms with Gasteiger partial charge in [-0.05, 0) is 24.6 Å². The van der Waals surface area contributed by atoms with Crippen LogP contribution in [-0.4, -0.2) is 34.8 Å². The summed E-state index contributed by atoms with van der Waals surface area (Å²) >= 11 is 0. The zero-order chi connectivity index (χ0) is 14.3. The van der Waals surface area contributed by atoms with Crippen LogP contribution in [0.4, 0.5) is 5.69 Å². The Kier molecular flexibility index (Phi) is 2.85. The molecule has 1 fully saturated rings. The van der Waals surface area contributed by atoms with Crippen molar-refractivity contribution in [1.82, 2.24) is 9.88 Å². The normalized spacial score (nSPS) is 18.6. The van der Waals surface area contributed by atoms with Crippen molar-refractivity contribution in [2.75, 3.05) is 18.8 Å². The van der Waals surface area contributed by atoms with Crippen LogP contribution in [0.3, 0.4) is 0 Å². The lowest BCUT2D eigenvalue weighted by Crippen LogP contribution is -2.31. The number of rotatable bonds is 2. The molecule has 0 saturated carbocycles. The number of nitrogens with zero attached hydrogens (tertiary/aromatic N) is 1. The Hall–Kier alpha value is -2.50. The number of nitrogens with two attached hydrogens (primary N) is 2. The summed E-state index contributed by atoms with van der Waals surface area (Å²) in [5.41, 5.74) is 13.1. The molecule has 0 spiro atoms. The second-order valence-electron chi connectivity index (χ2n) is 5.15. The van der Waals surface area contributed by atoms with E-state index in [9.17, 15) is 9.59 Å². The Morgan fingerprint density at radius 2 is 2.15 bits per heavy atom. The van der Waals surface area contributed by atoms with E-state index in [-0.39, 0.29) is 17.7 Å². The summed E-state index contributed by atoms with van der Waals surface area (Å²) in [7, 11) is 0. The third-order valence-electron chi connectivity index (χ3n) is 3.81. The van der Waals surface area contributed by atoms with Crippen LogP contribution in [-0.2, 0) is 4.79 Å². The van der Waals surface area contributed by atoms with E-state index < -0.39 is 0 Å². The van der Waals surface area contributed by atoms with Gasteiger partial charge in [0.05, 0.1) is 11.5 Å². The van der Waals surface area contributed by atoms with Crippen LogP contribution < -0.4 is 11.5 Å². The van der Waals surface area contributed by atoms with E-state index in [1.165, 1.54) is 0 Å². The molecule has 2 amide bonds. The van der Waals surface area contributed by atoms with Crippen LogP contribution in [0.2, 0.25) is 0 Å². The number of likely N-dealkylation sites (tertiary alicyclic amines) is 1. The Morgan fingerprint density at radius 3 is 2.85 bits per heavy atom. The Labute approximate surface area is 115 Å². The summed E-state index contributed by atoms with van der Waals surface area (Å²) in [6.07, 6.45) is 2.32. The second-order valence-corrected chi connectivity index (χ2v) is 5.15. The van der Waals surface area contributed by atoms with E-state index in [1.54, 1.807) is 23.2 Å². The summed E-state index contributed by atoms with van der Waals surface area (Å²) in [5.74, 6) is -0.678. The van der Waals surface area contributed by atoms with Crippen molar-refractivity contribution in [2.45, 2.75) is 6.42 Å². The number of carbonyl (C=O) groups is 2. The highest BCUT2D eigenvalue weighted by Gasteiger charge is 2.31. The van der Waals surface area contributed by atoms with Crippen molar-refractivity contribution in [1.29, 1.82) is 0 Å². The smallest absolute Gasteiger partial charge is 0.256 e. The van der Waals surface area contributed by atoms with Crippen LogP contribution in [0.5, 0.6) is 0 Å².